The average Bonchev–Trinajstić information content (AvgIpc) is 2.50. The molecule has 1 saturated heterocycles. The minimum absolute atomic E-state index is 0.0874. The van der Waals surface area contributed by atoms with Gasteiger partial charge in [-0.25, -0.2) is 0 Å². The molecule has 23 heavy (non-hydrogen) atoms. The van der Waals surface area contributed by atoms with Gasteiger partial charge in [-0.05, 0) is 27.6 Å². The van der Waals surface area contributed by atoms with Crippen LogP contribution in [0.3, 0.4) is 0 Å². The van der Waals surface area contributed by atoms with Crippen molar-refractivity contribution in [3.8, 4) is 0 Å². The summed E-state index contributed by atoms with van der Waals surface area (Å²) in [5.41, 5.74) is 0. The maximum Gasteiger partial charge on any atom is 0.261 e. The predicted molar refractivity (Wildman–Crippen MR) is 104 cm³/mol. The number of rotatable bonds is 5. The molecule has 1 fully saturated rings. The summed E-state index contributed by atoms with van der Waals surface area (Å²) in [7, 11) is -2.31. The highest BCUT2D eigenvalue weighted by Gasteiger charge is 2.50. The van der Waals surface area contributed by atoms with E-state index in [1.54, 1.807) is 0 Å². The Bertz CT molecular complexity index is 578. The quantitative estimate of drug-likeness (QED) is 0.758. The van der Waals surface area contributed by atoms with Crippen molar-refractivity contribution >= 4 is 30.5 Å². The summed E-state index contributed by atoms with van der Waals surface area (Å²) in [5.74, 6) is 1.29. The Morgan fingerprint density at radius 1 is 0.957 bits per heavy atom. The highest BCUT2D eigenvalue weighted by atomic mass is 32.2. The summed E-state index contributed by atoms with van der Waals surface area (Å²) in [6.07, 6.45) is 1.29. The summed E-state index contributed by atoms with van der Waals surface area (Å²) in [4.78, 5) is 0. The van der Waals surface area contributed by atoms with Gasteiger partial charge in [0.1, 0.15) is 0 Å². The first-order valence-corrected chi connectivity index (χ1v) is 11.4. The molecule has 0 bridgehead atoms. The first-order valence-electron chi connectivity index (χ1n) is 8.41. The van der Waals surface area contributed by atoms with Crippen LogP contribution < -0.4 is 10.4 Å². The summed E-state index contributed by atoms with van der Waals surface area (Å²) in [6.45, 7) is 7.89. The third-order valence-electron chi connectivity index (χ3n) is 4.70. The molecule has 1 heterocycles. The molecule has 0 spiro atoms. The molecule has 0 amide bonds. The predicted octanol–water partition coefficient (Wildman–Crippen LogP) is 4.07. The Balaban J connectivity index is 2.08. The molecule has 3 rings (SSSR count). The molecule has 2 aromatic rings. The van der Waals surface area contributed by atoms with Crippen LogP contribution in [-0.2, 0) is 4.43 Å². The molecule has 1 aliphatic rings. The summed E-state index contributed by atoms with van der Waals surface area (Å²) >= 11 is 2.04. The molecule has 2 aromatic carbocycles. The molecule has 0 aromatic heterocycles. The summed E-state index contributed by atoms with van der Waals surface area (Å²) in [5, 5.41) is 3.52. The number of hydrogen-bond acceptors (Lipinski definition) is 2. The third kappa shape index (κ3) is 3.28. The van der Waals surface area contributed by atoms with Gasteiger partial charge in [0.05, 0.1) is 0 Å². The van der Waals surface area contributed by atoms with Crippen molar-refractivity contribution in [1.29, 1.82) is 0 Å². The molecule has 0 radical (unpaired) electrons. The minimum Gasteiger partial charge on any atom is -0.406 e. The first kappa shape index (κ1) is 16.8. The summed E-state index contributed by atoms with van der Waals surface area (Å²) in [6, 6.07) is 21.8. The van der Waals surface area contributed by atoms with E-state index in [0.29, 0.717) is 5.25 Å². The van der Waals surface area contributed by atoms with Crippen molar-refractivity contribution in [2.45, 2.75) is 37.5 Å². The van der Waals surface area contributed by atoms with E-state index < -0.39 is 8.32 Å². The Labute approximate surface area is 145 Å². The van der Waals surface area contributed by atoms with E-state index in [4.69, 9.17) is 4.43 Å². The van der Waals surface area contributed by atoms with Crippen molar-refractivity contribution in [2.75, 3.05) is 12.4 Å². The number of hydrogen-bond donors (Lipinski definition) is 0. The van der Waals surface area contributed by atoms with Gasteiger partial charge < -0.3 is 4.43 Å². The molecule has 1 atom stereocenters. The maximum absolute atomic E-state index is 6.89. The standard InChI is InChI=1S/C20H26OSSi/c1-20(2,3)23(18-10-6-4-7-11-18,19-12-8-5-9-13-19)21-16-17-14-15-22-17/h4-13,17H,14-16H2,1-3H3/t17-/m0/s1. The molecule has 1 nitrogen and oxygen atoms in total. The molecule has 122 valence electrons. The van der Waals surface area contributed by atoms with E-state index in [0.717, 1.165) is 6.61 Å². The van der Waals surface area contributed by atoms with E-state index in [1.165, 1.54) is 22.5 Å². The van der Waals surface area contributed by atoms with Crippen LogP contribution in [0.5, 0.6) is 0 Å². The highest BCUT2D eigenvalue weighted by Crippen LogP contribution is 2.38. The average molecular weight is 343 g/mol. The lowest BCUT2D eigenvalue weighted by Crippen LogP contribution is -2.67. The second-order valence-corrected chi connectivity index (χ2v) is 13.0. The Morgan fingerprint density at radius 2 is 1.43 bits per heavy atom. The van der Waals surface area contributed by atoms with Crippen LogP contribution >= 0.6 is 11.8 Å². The van der Waals surface area contributed by atoms with Crippen LogP contribution in [0, 0.1) is 0 Å². The van der Waals surface area contributed by atoms with Crippen molar-refractivity contribution < 1.29 is 4.43 Å². The zero-order valence-corrected chi connectivity index (χ0v) is 16.1. The Kier molecular flexibility index (Phi) is 5.00. The highest BCUT2D eigenvalue weighted by molar-refractivity contribution is 8.01. The fraction of sp³-hybridized carbons (Fsp3) is 0.400. The van der Waals surface area contributed by atoms with E-state index >= 15 is 0 Å². The zero-order valence-electron chi connectivity index (χ0n) is 14.3. The van der Waals surface area contributed by atoms with Crippen LogP contribution in [-0.4, -0.2) is 25.9 Å². The monoisotopic (exact) mass is 342 g/mol. The van der Waals surface area contributed by atoms with Gasteiger partial charge in [0.2, 0.25) is 0 Å². The summed E-state index contributed by atoms with van der Waals surface area (Å²) < 4.78 is 6.89. The van der Waals surface area contributed by atoms with E-state index in [-0.39, 0.29) is 5.04 Å². The molecular formula is C20H26OSSi. The molecule has 0 unspecified atom stereocenters. The lowest BCUT2D eigenvalue weighted by Gasteiger charge is -2.44. The van der Waals surface area contributed by atoms with Gasteiger partial charge in [-0.3, -0.25) is 0 Å². The van der Waals surface area contributed by atoms with Gasteiger partial charge in [-0.1, -0.05) is 81.4 Å². The van der Waals surface area contributed by atoms with E-state index in [2.05, 4.69) is 81.4 Å². The van der Waals surface area contributed by atoms with Crippen LogP contribution in [0.15, 0.2) is 60.7 Å². The van der Waals surface area contributed by atoms with Crippen LogP contribution in [0.4, 0.5) is 0 Å². The van der Waals surface area contributed by atoms with Gasteiger partial charge in [-0.2, -0.15) is 11.8 Å². The topological polar surface area (TPSA) is 9.23 Å². The van der Waals surface area contributed by atoms with Gasteiger partial charge in [-0.15, -0.1) is 0 Å². The molecule has 0 saturated carbocycles. The van der Waals surface area contributed by atoms with E-state index in [1.807, 2.05) is 11.8 Å². The Hall–Kier alpha value is -1.03. The smallest absolute Gasteiger partial charge is 0.261 e. The molecule has 0 N–H and O–H groups in total. The van der Waals surface area contributed by atoms with Crippen molar-refractivity contribution in [1.82, 2.24) is 0 Å². The first-order chi connectivity index (χ1) is 11.0. The second kappa shape index (κ2) is 6.84. The SMILES string of the molecule is CC(C)(C)[Si](OC[C@@H]1CCS1)(c1ccccc1)c1ccccc1. The largest absolute Gasteiger partial charge is 0.406 e. The molecular weight excluding hydrogens is 316 g/mol. The molecule has 1 aliphatic heterocycles. The van der Waals surface area contributed by atoms with Gasteiger partial charge in [0, 0.05) is 11.9 Å². The van der Waals surface area contributed by atoms with Gasteiger partial charge in [0.25, 0.3) is 8.32 Å². The number of benzene rings is 2. The lowest BCUT2D eigenvalue weighted by molar-refractivity contribution is 0.292. The fourth-order valence-electron chi connectivity index (χ4n) is 3.40. The molecule has 0 aliphatic carbocycles. The normalized spacial score (nSPS) is 18.5. The van der Waals surface area contributed by atoms with Gasteiger partial charge >= 0.3 is 0 Å². The minimum atomic E-state index is -2.31. The second-order valence-electron chi connectivity index (χ2n) is 7.26. The zero-order chi connectivity index (χ0) is 16.3. The van der Waals surface area contributed by atoms with Crippen LogP contribution in [0.2, 0.25) is 5.04 Å². The van der Waals surface area contributed by atoms with Crippen molar-refractivity contribution in [3.63, 3.8) is 0 Å². The number of thioether (sulfide) groups is 1. The maximum atomic E-state index is 6.89. The van der Waals surface area contributed by atoms with Crippen molar-refractivity contribution in [3.05, 3.63) is 60.7 Å². The van der Waals surface area contributed by atoms with Gasteiger partial charge in [0.15, 0.2) is 0 Å². The van der Waals surface area contributed by atoms with Crippen molar-refractivity contribution in [2.24, 2.45) is 0 Å². The van der Waals surface area contributed by atoms with E-state index in [9.17, 15) is 0 Å². The van der Waals surface area contributed by atoms with Crippen LogP contribution in [0.25, 0.3) is 0 Å². The lowest BCUT2D eigenvalue weighted by atomic mass is 10.2. The molecule has 3 heteroatoms. The van der Waals surface area contributed by atoms with Crippen LogP contribution in [0.1, 0.15) is 27.2 Å². The fourth-order valence-corrected chi connectivity index (χ4v) is 8.86. The third-order valence-corrected chi connectivity index (χ3v) is 11.0. The Morgan fingerprint density at radius 3 is 1.78 bits per heavy atom.